The van der Waals surface area contributed by atoms with Crippen molar-refractivity contribution in [1.82, 2.24) is 0 Å². The fourth-order valence-corrected chi connectivity index (χ4v) is 4.71. The van der Waals surface area contributed by atoms with E-state index in [2.05, 4.69) is 65.2 Å². The molecule has 1 unspecified atom stereocenters. The lowest BCUT2D eigenvalue weighted by atomic mass is 9.73. The maximum Gasteiger partial charge on any atom is 0.103 e. The van der Waals surface area contributed by atoms with Gasteiger partial charge < -0.3 is 14.5 Å². The summed E-state index contributed by atoms with van der Waals surface area (Å²) >= 11 is 0. The third-order valence-electron chi connectivity index (χ3n) is 5.18. The maximum absolute atomic E-state index is 6.04. The molecule has 0 aromatic heterocycles. The molecule has 136 valence electrons. The molecule has 0 aliphatic carbocycles. The van der Waals surface area contributed by atoms with Gasteiger partial charge in [0, 0.05) is 12.2 Å². The molecule has 3 heteroatoms. The molecule has 0 bridgehead atoms. The van der Waals surface area contributed by atoms with Gasteiger partial charge >= 0.3 is 0 Å². The quantitative estimate of drug-likeness (QED) is 0.731. The molecular weight excluding hydrogens is 296 g/mol. The Hall–Kier alpha value is -0.900. The molecule has 3 nitrogen and oxygen atoms in total. The molecule has 1 aromatic carbocycles. The van der Waals surface area contributed by atoms with Crippen molar-refractivity contribution in [3.63, 3.8) is 0 Å². The number of ether oxygens (including phenoxy) is 1. The Morgan fingerprint density at radius 2 is 1.79 bits per heavy atom. The number of quaternary nitrogens is 2. The van der Waals surface area contributed by atoms with Crippen molar-refractivity contribution in [2.45, 2.75) is 52.2 Å². The molecule has 0 amide bonds. The third kappa shape index (κ3) is 5.87. The van der Waals surface area contributed by atoms with Gasteiger partial charge in [0.1, 0.15) is 6.54 Å². The number of benzene rings is 1. The van der Waals surface area contributed by atoms with Gasteiger partial charge in [0.2, 0.25) is 0 Å². The number of rotatable bonds is 8. The Labute approximate surface area is 149 Å². The van der Waals surface area contributed by atoms with Crippen molar-refractivity contribution in [2.24, 2.45) is 5.41 Å². The van der Waals surface area contributed by atoms with Crippen LogP contribution in [-0.4, -0.2) is 45.9 Å². The van der Waals surface area contributed by atoms with Crippen molar-refractivity contribution in [3.05, 3.63) is 35.9 Å². The van der Waals surface area contributed by atoms with Crippen LogP contribution in [0.25, 0.3) is 0 Å². The zero-order valence-electron chi connectivity index (χ0n) is 16.5. The zero-order valence-corrected chi connectivity index (χ0v) is 16.5. The van der Waals surface area contributed by atoms with Gasteiger partial charge in [-0.1, -0.05) is 37.3 Å². The predicted octanol–water partition coefficient (Wildman–Crippen LogP) is 1.20. The standard InChI is InChI=1S/C21H36N2O/c1-6-13-23(15-19-10-8-7-9-11-19)18-21(17-22(4)5)12-14-24-20(2,3)16-21/h7-11H,6,12-18H2,1-5H3/p+2/t21-/m0/s1. The van der Waals surface area contributed by atoms with Crippen LogP contribution in [0.3, 0.4) is 0 Å². The Balaban J connectivity index is 2.14. The molecule has 1 saturated heterocycles. The summed E-state index contributed by atoms with van der Waals surface area (Å²) < 4.78 is 6.04. The molecule has 2 atom stereocenters. The smallest absolute Gasteiger partial charge is 0.103 e. The van der Waals surface area contributed by atoms with Gasteiger partial charge in [-0.25, -0.2) is 0 Å². The SMILES string of the molecule is CCC[NH+](Cc1ccccc1)C[C@@]1(C[NH+](C)C)CCOC(C)(C)C1. The summed E-state index contributed by atoms with van der Waals surface area (Å²) in [7, 11) is 4.59. The van der Waals surface area contributed by atoms with E-state index < -0.39 is 0 Å². The van der Waals surface area contributed by atoms with Gasteiger partial charge in [-0.2, -0.15) is 0 Å². The van der Waals surface area contributed by atoms with Gasteiger partial charge in [-0.15, -0.1) is 0 Å². The van der Waals surface area contributed by atoms with Crippen LogP contribution in [0, 0.1) is 5.41 Å². The Morgan fingerprint density at radius 3 is 2.38 bits per heavy atom. The average molecular weight is 335 g/mol. The fraction of sp³-hybridized carbons (Fsp3) is 0.714. The van der Waals surface area contributed by atoms with Crippen molar-refractivity contribution in [2.75, 3.05) is 40.3 Å². The van der Waals surface area contributed by atoms with E-state index in [0.29, 0.717) is 5.41 Å². The first-order valence-corrected chi connectivity index (χ1v) is 9.65. The van der Waals surface area contributed by atoms with Crippen molar-refractivity contribution in [3.8, 4) is 0 Å². The first-order valence-electron chi connectivity index (χ1n) is 9.65. The highest BCUT2D eigenvalue weighted by Crippen LogP contribution is 2.37. The fourth-order valence-electron chi connectivity index (χ4n) is 4.71. The first kappa shape index (κ1) is 19.4. The normalized spacial score (nSPS) is 24.9. The minimum absolute atomic E-state index is 0.0117. The highest BCUT2D eigenvalue weighted by Gasteiger charge is 2.45. The predicted molar refractivity (Wildman–Crippen MR) is 101 cm³/mol. The van der Waals surface area contributed by atoms with Gasteiger partial charge in [-0.05, 0) is 33.1 Å². The van der Waals surface area contributed by atoms with Crippen LogP contribution in [0.15, 0.2) is 30.3 Å². The van der Waals surface area contributed by atoms with Crippen molar-refractivity contribution < 1.29 is 14.5 Å². The van der Waals surface area contributed by atoms with Crippen LogP contribution in [0.1, 0.15) is 45.6 Å². The van der Waals surface area contributed by atoms with Crippen LogP contribution in [0.2, 0.25) is 0 Å². The lowest BCUT2D eigenvalue weighted by Crippen LogP contribution is -3.14. The molecule has 1 heterocycles. The second-order valence-corrected chi connectivity index (χ2v) is 8.76. The van der Waals surface area contributed by atoms with Crippen molar-refractivity contribution in [1.29, 1.82) is 0 Å². The molecule has 1 aliphatic heterocycles. The molecule has 1 aliphatic rings. The maximum atomic E-state index is 6.04. The molecule has 2 rings (SSSR count). The second-order valence-electron chi connectivity index (χ2n) is 8.76. The summed E-state index contributed by atoms with van der Waals surface area (Å²) in [6.45, 7) is 12.6. The summed E-state index contributed by atoms with van der Waals surface area (Å²) in [6, 6.07) is 11.0. The van der Waals surface area contributed by atoms with E-state index in [9.17, 15) is 0 Å². The van der Waals surface area contributed by atoms with Gasteiger partial charge in [0.05, 0.1) is 44.7 Å². The van der Waals surface area contributed by atoms with Crippen LogP contribution in [0.4, 0.5) is 0 Å². The Morgan fingerprint density at radius 1 is 1.08 bits per heavy atom. The summed E-state index contributed by atoms with van der Waals surface area (Å²) in [6.07, 6.45) is 3.61. The van der Waals surface area contributed by atoms with Crippen LogP contribution in [0.5, 0.6) is 0 Å². The molecule has 2 N–H and O–H groups in total. The Bertz CT molecular complexity index is 486. The minimum atomic E-state index is 0.0117. The van der Waals surface area contributed by atoms with E-state index in [1.54, 1.807) is 9.80 Å². The molecule has 0 radical (unpaired) electrons. The van der Waals surface area contributed by atoms with E-state index in [4.69, 9.17) is 4.74 Å². The van der Waals surface area contributed by atoms with E-state index in [0.717, 1.165) is 13.2 Å². The Kier molecular flexibility index (Phi) is 6.85. The van der Waals surface area contributed by atoms with E-state index >= 15 is 0 Å². The molecular formula is C21H38N2O+2. The molecule has 0 saturated carbocycles. The molecule has 1 aromatic rings. The average Bonchev–Trinajstić information content (AvgIpc) is 2.46. The van der Waals surface area contributed by atoms with E-state index in [-0.39, 0.29) is 5.60 Å². The highest BCUT2D eigenvalue weighted by atomic mass is 16.5. The summed E-state index contributed by atoms with van der Waals surface area (Å²) in [5, 5.41) is 0. The third-order valence-corrected chi connectivity index (χ3v) is 5.18. The lowest BCUT2D eigenvalue weighted by molar-refractivity contribution is -0.931. The first-order chi connectivity index (χ1) is 11.3. The summed E-state index contributed by atoms with van der Waals surface area (Å²) in [5.74, 6) is 0. The van der Waals surface area contributed by atoms with Crippen LogP contribution < -0.4 is 9.80 Å². The van der Waals surface area contributed by atoms with Crippen molar-refractivity contribution >= 4 is 0 Å². The largest absolute Gasteiger partial charge is 0.376 e. The minimum Gasteiger partial charge on any atom is -0.376 e. The van der Waals surface area contributed by atoms with Crippen LogP contribution >= 0.6 is 0 Å². The van der Waals surface area contributed by atoms with E-state index in [1.807, 2.05) is 0 Å². The summed E-state index contributed by atoms with van der Waals surface area (Å²) in [5.41, 5.74) is 1.86. The van der Waals surface area contributed by atoms with Crippen LogP contribution in [-0.2, 0) is 11.3 Å². The number of hydrogen-bond acceptors (Lipinski definition) is 1. The lowest BCUT2D eigenvalue weighted by Gasteiger charge is -2.45. The molecule has 24 heavy (non-hydrogen) atoms. The monoisotopic (exact) mass is 334 g/mol. The molecule has 0 spiro atoms. The second kappa shape index (κ2) is 8.46. The molecule has 1 fully saturated rings. The van der Waals surface area contributed by atoms with Gasteiger partial charge in [-0.3, -0.25) is 0 Å². The zero-order chi connectivity index (χ0) is 17.6. The number of hydrogen-bond donors (Lipinski definition) is 2. The number of nitrogens with one attached hydrogen (secondary N) is 2. The highest BCUT2D eigenvalue weighted by molar-refractivity contribution is 5.13. The van der Waals surface area contributed by atoms with E-state index in [1.165, 1.54) is 44.5 Å². The van der Waals surface area contributed by atoms with Gasteiger partial charge in [0.25, 0.3) is 0 Å². The topological polar surface area (TPSA) is 18.1 Å². The summed E-state index contributed by atoms with van der Waals surface area (Å²) in [4.78, 5) is 3.28. The van der Waals surface area contributed by atoms with Gasteiger partial charge in [0.15, 0.2) is 0 Å².